The van der Waals surface area contributed by atoms with Crippen LogP contribution < -0.4 is 15.8 Å². The molecule has 33 heavy (non-hydrogen) atoms. The molecule has 0 saturated carbocycles. The van der Waals surface area contributed by atoms with Gasteiger partial charge in [0.2, 0.25) is 0 Å². The highest BCUT2D eigenvalue weighted by Gasteiger charge is 2.35. The molecule has 5 rings (SSSR count). The Bertz CT molecular complexity index is 1190. The molecular weight excluding hydrogens is 442 g/mol. The van der Waals surface area contributed by atoms with Crippen LogP contribution in [0.4, 0.5) is 5.82 Å². The summed E-state index contributed by atoms with van der Waals surface area (Å²) in [7, 11) is 0. The van der Waals surface area contributed by atoms with E-state index in [1.807, 2.05) is 41.1 Å². The topological polar surface area (TPSA) is 117 Å². The third kappa shape index (κ3) is 4.95. The number of aromatic nitrogens is 3. The van der Waals surface area contributed by atoms with Crippen molar-refractivity contribution in [1.29, 1.82) is 0 Å². The fourth-order valence-corrected chi connectivity index (χ4v) is 5.25. The van der Waals surface area contributed by atoms with Gasteiger partial charge in [-0.25, -0.2) is 9.97 Å². The first-order chi connectivity index (χ1) is 16.0. The third-order valence-electron chi connectivity index (χ3n) is 5.94. The van der Waals surface area contributed by atoms with Crippen molar-refractivity contribution >= 4 is 29.5 Å². The number of carboxylic acid groups (broad SMARTS) is 1. The number of amides is 1. The number of thiophene rings is 1. The molecule has 1 saturated heterocycles. The van der Waals surface area contributed by atoms with Gasteiger partial charge in [-0.2, -0.15) is 0 Å². The fraction of sp³-hybridized carbons (Fsp3) is 0.348. The van der Waals surface area contributed by atoms with Crippen molar-refractivity contribution in [3.05, 3.63) is 74.2 Å². The zero-order valence-electron chi connectivity index (χ0n) is 18.2. The Morgan fingerprint density at radius 3 is 2.82 bits per heavy atom. The predicted molar refractivity (Wildman–Crippen MR) is 125 cm³/mol. The third-order valence-corrected chi connectivity index (χ3v) is 6.81. The molecule has 0 unspecified atom stereocenters. The van der Waals surface area contributed by atoms with Gasteiger partial charge in [0, 0.05) is 42.3 Å². The van der Waals surface area contributed by atoms with Crippen LogP contribution in [0.2, 0.25) is 0 Å². The summed E-state index contributed by atoms with van der Waals surface area (Å²) in [6.07, 6.45) is 2.85. The van der Waals surface area contributed by atoms with Gasteiger partial charge in [-0.05, 0) is 48.9 Å². The normalized spacial score (nSPS) is 18.5. The number of pyridine rings is 1. The molecular formula is C23H25N5O4S. The van der Waals surface area contributed by atoms with Gasteiger partial charge in [-0.15, -0.1) is 11.3 Å². The summed E-state index contributed by atoms with van der Waals surface area (Å²) in [6.45, 7) is 4.39. The van der Waals surface area contributed by atoms with Gasteiger partial charge in [-0.1, -0.05) is 6.07 Å². The molecule has 2 aliphatic heterocycles. The number of nitrogens with zero attached hydrogens (tertiary/aromatic N) is 4. The van der Waals surface area contributed by atoms with E-state index in [9.17, 15) is 9.59 Å². The zero-order valence-corrected chi connectivity index (χ0v) is 19.0. The second kappa shape index (κ2) is 9.95. The number of carbonyl (C=O) groups is 2. The smallest absolute Gasteiger partial charge is 0.290 e. The van der Waals surface area contributed by atoms with Crippen molar-refractivity contribution in [1.82, 2.24) is 19.9 Å². The van der Waals surface area contributed by atoms with Crippen molar-refractivity contribution in [3.63, 3.8) is 0 Å². The van der Waals surface area contributed by atoms with Crippen molar-refractivity contribution < 1.29 is 14.7 Å². The van der Waals surface area contributed by atoms with E-state index in [-0.39, 0.29) is 29.4 Å². The minimum atomic E-state index is -0.308. The molecule has 9 nitrogen and oxygen atoms in total. The molecule has 172 valence electrons. The lowest BCUT2D eigenvalue weighted by atomic mass is 9.83. The molecule has 0 aliphatic carbocycles. The van der Waals surface area contributed by atoms with Crippen LogP contribution in [0, 0.1) is 12.8 Å². The average Bonchev–Trinajstić information content (AvgIpc) is 3.32. The molecule has 3 aromatic rings. The molecule has 0 spiro atoms. The second-order valence-electron chi connectivity index (χ2n) is 8.12. The molecule has 2 atom stereocenters. The molecule has 0 radical (unpaired) electrons. The number of piperidine rings is 1. The van der Waals surface area contributed by atoms with Crippen LogP contribution in [-0.2, 0) is 17.9 Å². The SMILES string of the molecule is Cc1nccc(N2C[C@@H]3C[C@H](C2)c2ccc(C(=O)NCc4cccs4)c(=O)n2C3)n1.O=CO. The Hall–Kier alpha value is -3.53. The summed E-state index contributed by atoms with van der Waals surface area (Å²) in [6, 6.07) is 9.51. The molecule has 1 fully saturated rings. The number of anilines is 1. The maximum absolute atomic E-state index is 13.1. The van der Waals surface area contributed by atoms with Crippen LogP contribution in [0.3, 0.4) is 0 Å². The van der Waals surface area contributed by atoms with E-state index in [0.717, 1.165) is 41.7 Å². The Morgan fingerprint density at radius 1 is 1.27 bits per heavy atom. The van der Waals surface area contributed by atoms with Crippen molar-refractivity contribution in [3.8, 4) is 0 Å². The average molecular weight is 468 g/mol. The number of aryl methyl sites for hydroxylation is 1. The minimum Gasteiger partial charge on any atom is -0.483 e. The molecule has 10 heteroatoms. The number of fused-ring (bicyclic) bond motifs is 4. The fourth-order valence-electron chi connectivity index (χ4n) is 4.60. The van der Waals surface area contributed by atoms with E-state index in [1.54, 1.807) is 23.6 Å². The van der Waals surface area contributed by atoms with E-state index in [0.29, 0.717) is 19.0 Å². The van der Waals surface area contributed by atoms with Gasteiger partial charge >= 0.3 is 0 Å². The quantitative estimate of drug-likeness (QED) is 0.565. The molecule has 3 aromatic heterocycles. The maximum atomic E-state index is 13.1. The van der Waals surface area contributed by atoms with Crippen molar-refractivity contribution in [2.45, 2.75) is 32.4 Å². The molecule has 2 N–H and O–H groups in total. The van der Waals surface area contributed by atoms with E-state index in [1.165, 1.54) is 0 Å². The minimum absolute atomic E-state index is 0.183. The highest BCUT2D eigenvalue weighted by molar-refractivity contribution is 7.09. The van der Waals surface area contributed by atoms with Gasteiger partial charge in [0.25, 0.3) is 17.9 Å². The van der Waals surface area contributed by atoms with E-state index in [4.69, 9.17) is 9.90 Å². The Kier molecular flexibility index (Phi) is 6.83. The van der Waals surface area contributed by atoms with E-state index in [2.05, 4.69) is 20.2 Å². The monoisotopic (exact) mass is 467 g/mol. The summed E-state index contributed by atoms with van der Waals surface area (Å²) in [5.41, 5.74) is 1.05. The largest absolute Gasteiger partial charge is 0.483 e. The van der Waals surface area contributed by atoms with Crippen LogP contribution in [0.15, 0.2) is 46.7 Å². The highest BCUT2D eigenvalue weighted by atomic mass is 32.1. The summed E-state index contributed by atoms with van der Waals surface area (Å²) in [4.78, 5) is 46.2. The van der Waals surface area contributed by atoms with Crippen LogP contribution in [-0.4, -0.2) is 45.1 Å². The maximum Gasteiger partial charge on any atom is 0.290 e. The number of nitrogens with one attached hydrogen (secondary N) is 1. The van der Waals surface area contributed by atoms with Crippen molar-refractivity contribution in [2.24, 2.45) is 5.92 Å². The lowest BCUT2D eigenvalue weighted by molar-refractivity contribution is -0.122. The van der Waals surface area contributed by atoms with Crippen molar-refractivity contribution in [2.75, 3.05) is 18.0 Å². The molecule has 2 aliphatic rings. The number of carbonyl (C=O) groups excluding carboxylic acids is 1. The Labute approximate surface area is 194 Å². The highest BCUT2D eigenvalue weighted by Crippen LogP contribution is 2.36. The zero-order chi connectivity index (χ0) is 23.4. The number of rotatable bonds is 4. The predicted octanol–water partition coefficient (Wildman–Crippen LogP) is 2.26. The Morgan fingerprint density at radius 2 is 2.09 bits per heavy atom. The lowest BCUT2D eigenvalue weighted by Gasteiger charge is -2.43. The first-order valence-electron chi connectivity index (χ1n) is 10.7. The standard InChI is InChI=1S/C22H23N5O2S.CH2O2/c1-14-23-7-6-20(25-14)26-11-15-9-16(13-26)19-5-4-18(22(29)27(19)12-15)21(28)24-10-17-3-2-8-30-17;2-1-3/h2-8,15-16H,9-13H2,1H3,(H,24,28);1H,(H,2,3)/t15-,16+;/m0./s1. The lowest BCUT2D eigenvalue weighted by Crippen LogP contribution is -2.48. The molecule has 2 bridgehead atoms. The van der Waals surface area contributed by atoms with E-state index >= 15 is 0 Å². The molecule has 5 heterocycles. The molecule has 0 aromatic carbocycles. The number of hydrogen-bond acceptors (Lipinski definition) is 7. The Balaban J connectivity index is 0.000000821. The van der Waals surface area contributed by atoms with E-state index < -0.39 is 0 Å². The van der Waals surface area contributed by atoms with Crippen LogP contribution in [0.5, 0.6) is 0 Å². The molecule has 1 amide bonds. The summed E-state index contributed by atoms with van der Waals surface area (Å²) in [5, 5.41) is 11.7. The van der Waals surface area contributed by atoms with Crippen LogP contribution >= 0.6 is 11.3 Å². The summed E-state index contributed by atoms with van der Waals surface area (Å²) >= 11 is 1.59. The van der Waals surface area contributed by atoms with Gasteiger partial charge in [0.05, 0.1) is 6.54 Å². The van der Waals surface area contributed by atoms with Crippen LogP contribution in [0.25, 0.3) is 0 Å². The van der Waals surface area contributed by atoms with Gasteiger partial charge < -0.3 is 19.9 Å². The van der Waals surface area contributed by atoms with Gasteiger partial charge in [0.15, 0.2) is 0 Å². The summed E-state index contributed by atoms with van der Waals surface area (Å²) in [5.74, 6) is 2.01. The first-order valence-corrected chi connectivity index (χ1v) is 11.5. The number of hydrogen-bond donors (Lipinski definition) is 2. The summed E-state index contributed by atoms with van der Waals surface area (Å²) < 4.78 is 1.82. The second-order valence-corrected chi connectivity index (χ2v) is 9.15. The van der Waals surface area contributed by atoms with Gasteiger partial charge in [0.1, 0.15) is 17.2 Å². The van der Waals surface area contributed by atoms with Gasteiger partial charge in [-0.3, -0.25) is 14.4 Å². The first kappa shape index (κ1) is 22.7. The van der Waals surface area contributed by atoms with Crippen LogP contribution in [0.1, 0.15) is 39.1 Å².